The largest absolute Gasteiger partial charge is 0.508 e. The minimum Gasteiger partial charge on any atom is -0.438 e. The number of carbonyl (C=O) groups excluding carboxylic acids is 1. The summed E-state index contributed by atoms with van der Waals surface area (Å²) in [5.74, 6) is 0. The Hall–Kier alpha value is 2.15. The van der Waals surface area contributed by atoms with Crippen molar-refractivity contribution >= 4 is 102 Å². The third kappa shape index (κ3) is 4.39. The third-order valence-corrected chi connectivity index (χ3v) is 6.08. The Bertz CT molecular complexity index is 228. The molecule has 0 atom stereocenters. The summed E-state index contributed by atoms with van der Waals surface area (Å²) in [7, 11) is 1.24. The fourth-order valence-electron chi connectivity index (χ4n) is 0.485. The van der Waals surface area contributed by atoms with Crippen molar-refractivity contribution in [2.75, 3.05) is 7.11 Å². The number of rotatable bonds is 1. The first-order chi connectivity index (χ1) is 6.45. The van der Waals surface area contributed by atoms with Crippen molar-refractivity contribution in [2.45, 2.75) is 16.8 Å². The van der Waals surface area contributed by atoms with Crippen molar-refractivity contribution in [3.63, 3.8) is 0 Å². The molecule has 0 saturated carbocycles. The fourth-order valence-corrected chi connectivity index (χ4v) is 5.15. The molecule has 0 aromatic heterocycles. The van der Waals surface area contributed by atoms with E-state index in [0.717, 1.165) is 0 Å². The lowest BCUT2D eigenvalue weighted by Crippen LogP contribution is -2.52. The standard InChI is InChI=1S/C6H6Br6O3/c1-4(5(7,8)9,6(10,11)12)15-3(13)14-2/h1-2H3. The van der Waals surface area contributed by atoms with Gasteiger partial charge in [-0.05, 0) is 6.92 Å². The highest BCUT2D eigenvalue weighted by molar-refractivity contribution is 9.40. The Morgan fingerprint density at radius 3 is 1.53 bits per heavy atom. The molecular formula is C6H6Br6O3. The maximum atomic E-state index is 11.2. The van der Waals surface area contributed by atoms with Crippen molar-refractivity contribution in [3.8, 4) is 0 Å². The summed E-state index contributed by atoms with van der Waals surface area (Å²) in [5, 5.41) is 0. The SMILES string of the molecule is COC(=O)OC(C)(C(Br)(Br)Br)C(Br)(Br)Br. The third-order valence-electron chi connectivity index (χ3n) is 1.54. The summed E-state index contributed by atoms with van der Waals surface area (Å²) in [6, 6.07) is 0. The molecule has 0 rings (SSSR count). The molecule has 9 heteroatoms. The van der Waals surface area contributed by atoms with Crippen molar-refractivity contribution in [2.24, 2.45) is 0 Å². The van der Waals surface area contributed by atoms with Crippen molar-refractivity contribution in [1.82, 2.24) is 0 Å². The summed E-state index contributed by atoms with van der Waals surface area (Å²) in [6.07, 6.45) is -0.803. The number of hydrogen-bond donors (Lipinski definition) is 0. The summed E-state index contributed by atoms with van der Waals surface area (Å²) < 4.78 is 7.91. The van der Waals surface area contributed by atoms with E-state index in [9.17, 15) is 4.79 Å². The molecule has 0 bridgehead atoms. The first kappa shape index (κ1) is 17.2. The van der Waals surface area contributed by atoms with Gasteiger partial charge in [0.2, 0.25) is 0 Å². The van der Waals surface area contributed by atoms with E-state index in [0.29, 0.717) is 0 Å². The predicted octanol–water partition coefficient (Wildman–Crippen LogP) is 5.21. The molecule has 90 valence electrons. The van der Waals surface area contributed by atoms with Gasteiger partial charge in [0, 0.05) is 0 Å². The molecule has 0 amide bonds. The quantitative estimate of drug-likeness (QED) is 0.305. The molecule has 0 radical (unpaired) electrons. The van der Waals surface area contributed by atoms with Crippen LogP contribution in [0, 0.1) is 0 Å². The van der Waals surface area contributed by atoms with Gasteiger partial charge in [0.05, 0.1) is 7.11 Å². The molecule has 0 spiro atoms. The lowest BCUT2D eigenvalue weighted by molar-refractivity contribution is -0.00230. The Kier molecular flexibility index (Phi) is 6.70. The maximum Gasteiger partial charge on any atom is 0.508 e. The Morgan fingerprint density at radius 1 is 1.00 bits per heavy atom. The van der Waals surface area contributed by atoms with Crippen LogP contribution in [0.25, 0.3) is 0 Å². The lowest BCUT2D eigenvalue weighted by atomic mass is 10.2. The van der Waals surface area contributed by atoms with E-state index in [-0.39, 0.29) is 0 Å². The van der Waals surface area contributed by atoms with Crippen LogP contribution in [0.3, 0.4) is 0 Å². The van der Waals surface area contributed by atoms with E-state index in [1.54, 1.807) is 6.92 Å². The molecule has 0 aromatic rings. The van der Waals surface area contributed by atoms with Crippen molar-refractivity contribution < 1.29 is 14.3 Å². The highest BCUT2D eigenvalue weighted by Crippen LogP contribution is 2.58. The number of carbonyl (C=O) groups is 1. The van der Waals surface area contributed by atoms with Crippen LogP contribution < -0.4 is 0 Å². The zero-order valence-electron chi connectivity index (χ0n) is 7.49. The van der Waals surface area contributed by atoms with E-state index >= 15 is 0 Å². The van der Waals surface area contributed by atoms with E-state index in [1.165, 1.54) is 7.11 Å². The van der Waals surface area contributed by atoms with Crippen LogP contribution in [0.4, 0.5) is 4.79 Å². The lowest BCUT2D eigenvalue weighted by Gasteiger charge is -2.41. The second kappa shape index (κ2) is 5.86. The van der Waals surface area contributed by atoms with Crippen LogP contribution in [0.1, 0.15) is 6.92 Å². The van der Waals surface area contributed by atoms with Crippen LogP contribution in [0.2, 0.25) is 0 Å². The van der Waals surface area contributed by atoms with Gasteiger partial charge in [-0.25, -0.2) is 4.79 Å². The summed E-state index contributed by atoms with van der Waals surface area (Å²) >= 11 is 19.8. The van der Waals surface area contributed by atoms with Gasteiger partial charge in [0.15, 0.2) is 9.89 Å². The van der Waals surface area contributed by atoms with Gasteiger partial charge in [-0.2, -0.15) is 0 Å². The molecule has 0 aliphatic heterocycles. The molecule has 0 aliphatic carbocycles. The summed E-state index contributed by atoms with van der Waals surface area (Å²) in [4.78, 5) is 11.2. The minimum absolute atomic E-state index is 0.803. The minimum atomic E-state index is -1.08. The molecule has 3 nitrogen and oxygen atoms in total. The van der Waals surface area contributed by atoms with Gasteiger partial charge < -0.3 is 9.47 Å². The molecule has 0 fully saturated rings. The van der Waals surface area contributed by atoms with Crippen molar-refractivity contribution in [3.05, 3.63) is 0 Å². The van der Waals surface area contributed by atoms with Crippen LogP contribution >= 0.6 is 95.6 Å². The first-order valence-corrected chi connectivity index (χ1v) is 8.12. The highest BCUT2D eigenvalue weighted by Gasteiger charge is 2.59. The summed E-state index contributed by atoms with van der Waals surface area (Å²) in [5.41, 5.74) is -1.08. The highest BCUT2D eigenvalue weighted by atomic mass is 80.0. The molecule has 0 N–H and O–H groups in total. The second-order valence-corrected chi connectivity index (χ2v) is 16.1. The van der Waals surface area contributed by atoms with Gasteiger partial charge in [-0.15, -0.1) is 0 Å². The molecular weight excluding hydrogens is 599 g/mol. The monoisotopic (exact) mass is 600 g/mol. The molecule has 0 aliphatic rings. The van der Waals surface area contributed by atoms with Crippen LogP contribution in [-0.4, -0.2) is 23.2 Å². The average Bonchev–Trinajstić information content (AvgIpc) is 1.99. The zero-order valence-corrected chi connectivity index (χ0v) is 17.0. The second-order valence-electron chi connectivity index (χ2n) is 2.58. The molecule has 0 aromatic carbocycles. The van der Waals surface area contributed by atoms with Gasteiger partial charge in [0.1, 0.15) is 0 Å². The molecule has 0 unspecified atom stereocenters. The van der Waals surface area contributed by atoms with Crippen molar-refractivity contribution in [1.29, 1.82) is 0 Å². The Labute approximate surface area is 138 Å². The Balaban J connectivity index is 5.15. The van der Waals surface area contributed by atoms with E-state index in [4.69, 9.17) is 4.74 Å². The van der Waals surface area contributed by atoms with Crippen LogP contribution in [-0.2, 0) is 9.47 Å². The van der Waals surface area contributed by atoms with Gasteiger partial charge in [-0.3, -0.25) is 0 Å². The van der Waals surface area contributed by atoms with Gasteiger partial charge >= 0.3 is 6.16 Å². The first-order valence-electron chi connectivity index (χ1n) is 3.36. The van der Waals surface area contributed by atoms with E-state index in [2.05, 4.69) is 100 Å². The van der Waals surface area contributed by atoms with Gasteiger partial charge in [-0.1, -0.05) is 95.6 Å². The molecule has 0 heterocycles. The number of hydrogen-bond acceptors (Lipinski definition) is 3. The maximum absolute atomic E-state index is 11.2. The topological polar surface area (TPSA) is 35.5 Å². The predicted molar refractivity (Wildman–Crippen MR) is 80.9 cm³/mol. The van der Waals surface area contributed by atoms with Crippen LogP contribution in [0.5, 0.6) is 0 Å². The van der Waals surface area contributed by atoms with E-state index < -0.39 is 16.0 Å². The average molecular weight is 606 g/mol. The number of alkyl halides is 6. The smallest absolute Gasteiger partial charge is 0.438 e. The number of ether oxygens (including phenoxy) is 2. The molecule has 15 heavy (non-hydrogen) atoms. The molecule has 0 saturated heterocycles. The Morgan fingerprint density at radius 2 is 1.33 bits per heavy atom. The van der Waals surface area contributed by atoms with E-state index in [1.807, 2.05) is 0 Å². The summed E-state index contributed by atoms with van der Waals surface area (Å²) in [6.45, 7) is 1.67. The normalized spacial score (nSPS) is 13.6. The number of methoxy groups -OCH3 is 1. The van der Waals surface area contributed by atoms with Gasteiger partial charge in [0.25, 0.3) is 0 Å². The number of halogens is 6. The fraction of sp³-hybridized carbons (Fsp3) is 0.833. The van der Waals surface area contributed by atoms with Crippen LogP contribution in [0.15, 0.2) is 0 Å². The zero-order chi connectivity index (χ0) is 12.5.